The van der Waals surface area contributed by atoms with Gasteiger partial charge in [0.05, 0.1) is 0 Å². The predicted molar refractivity (Wildman–Crippen MR) is 267 cm³/mol. The van der Waals surface area contributed by atoms with Crippen LogP contribution in [0.4, 0.5) is 0 Å². The van der Waals surface area contributed by atoms with Crippen molar-refractivity contribution in [1.82, 2.24) is 0 Å². The third kappa shape index (κ3) is 6.08. The van der Waals surface area contributed by atoms with E-state index in [1.165, 1.54) is 121 Å². The van der Waals surface area contributed by atoms with Crippen molar-refractivity contribution < 1.29 is 0 Å². The van der Waals surface area contributed by atoms with Gasteiger partial charge >= 0.3 is 0 Å². The van der Waals surface area contributed by atoms with Gasteiger partial charge in [0.1, 0.15) is 0 Å². The largest absolute Gasteiger partial charge is 0.0622 e. The molecule has 0 N–H and O–H groups in total. The number of hydrogen-bond donors (Lipinski definition) is 0. The highest BCUT2D eigenvalue weighted by atomic mass is 14.2. The van der Waals surface area contributed by atoms with Crippen molar-refractivity contribution in [2.45, 2.75) is 0 Å². The maximum atomic E-state index is 2.42. The minimum atomic E-state index is 1.20. The molecule has 288 valence electrons. The van der Waals surface area contributed by atoms with Crippen LogP contribution in [0.3, 0.4) is 0 Å². The third-order valence-electron chi connectivity index (χ3n) is 12.8. The van der Waals surface area contributed by atoms with Crippen LogP contribution in [0.25, 0.3) is 121 Å². The molecule has 12 aromatic rings. The zero-order chi connectivity index (χ0) is 41.0. The standard InChI is InChI=1S/C62H40/c1-4-16-42(17-5-1)57-37-46-22-10-11-23-47(46)38-59(57)49-33-35-52-51-34-32-48(36-50(51)40-58(60(52)39-49)43-18-6-2-7-19-43)41-28-30-45(31-29-41)62-55-26-14-12-24-53(55)61(44-20-8-3-9-21-44)54-25-13-15-27-56(54)62/h1-40H. The first kappa shape index (κ1) is 35.8. The summed E-state index contributed by atoms with van der Waals surface area (Å²) >= 11 is 0. The molecule has 0 fully saturated rings. The second kappa shape index (κ2) is 14.9. The molecule has 0 spiro atoms. The first-order chi connectivity index (χ1) is 30.7. The fourth-order valence-electron chi connectivity index (χ4n) is 9.89. The maximum absolute atomic E-state index is 2.42. The SMILES string of the molecule is c1ccc(-c2cc3ccccc3cc2-c2ccc3c(c2)c(-c2ccccc2)cc2cc(-c4ccc(-c5c6ccccc6c(-c6ccccc6)c6ccccc56)cc4)ccc23)cc1. The van der Waals surface area contributed by atoms with E-state index in [1.807, 2.05) is 0 Å². The van der Waals surface area contributed by atoms with Crippen molar-refractivity contribution in [2.24, 2.45) is 0 Å². The topological polar surface area (TPSA) is 0 Å². The van der Waals surface area contributed by atoms with Gasteiger partial charge in [0.25, 0.3) is 0 Å². The molecule has 0 atom stereocenters. The average molecular weight is 785 g/mol. The van der Waals surface area contributed by atoms with Crippen LogP contribution in [-0.4, -0.2) is 0 Å². The van der Waals surface area contributed by atoms with E-state index in [4.69, 9.17) is 0 Å². The molecule has 0 saturated heterocycles. The lowest BCUT2D eigenvalue weighted by Gasteiger charge is -2.18. The second-order valence-corrected chi connectivity index (χ2v) is 16.4. The van der Waals surface area contributed by atoms with Crippen LogP contribution < -0.4 is 0 Å². The molecule has 0 aliphatic heterocycles. The molecule has 12 rings (SSSR count). The molecule has 12 aromatic carbocycles. The summed E-state index contributed by atoms with van der Waals surface area (Å²) in [6.07, 6.45) is 0. The van der Waals surface area contributed by atoms with E-state index in [9.17, 15) is 0 Å². The van der Waals surface area contributed by atoms with Gasteiger partial charge in [0.2, 0.25) is 0 Å². The first-order valence-corrected chi connectivity index (χ1v) is 21.5. The van der Waals surface area contributed by atoms with Crippen LogP contribution in [0.15, 0.2) is 243 Å². The van der Waals surface area contributed by atoms with Gasteiger partial charge in [-0.2, -0.15) is 0 Å². The summed E-state index contributed by atoms with van der Waals surface area (Å²) < 4.78 is 0. The molecule has 0 aliphatic carbocycles. The molecule has 0 aliphatic rings. The van der Waals surface area contributed by atoms with E-state index in [-0.39, 0.29) is 0 Å². The molecule has 0 nitrogen and oxygen atoms in total. The maximum Gasteiger partial charge on any atom is -0.00264 e. The smallest absolute Gasteiger partial charge is 0.00264 e. The highest BCUT2D eigenvalue weighted by Gasteiger charge is 2.18. The van der Waals surface area contributed by atoms with Crippen LogP contribution in [0.1, 0.15) is 0 Å². The van der Waals surface area contributed by atoms with Crippen molar-refractivity contribution in [1.29, 1.82) is 0 Å². The van der Waals surface area contributed by atoms with E-state index in [0.29, 0.717) is 0 Å². The van der Waals surface area contributed by atoms with Gasteiger partial charge in [0.15, 0.2) is 0 Å². The van der Waals surface area contributed by atoms with Crippen LogP contribution >= 0.6 is 0 Å². The van der Waals surface area contributed by atoms with Gasteiger partial charge in [-0.1, -0.05) is 212 Å². The Hall–Kier alpha value is -8.06. The minimum Gasteiger partial charge on any atom is -0.0622 e. The molecule has 0 heterocycles. The zero-order valence-electron chi connectivity index (χ0n) is 34.1. The van der Waals surface area contributed by atoms with E-state index in [1.54, 1.807) is 0 Å². The lowest BCUT2D eigenvalue weighted by Crippen LogP contribution is -1.91. The van der Waals surface area contributed by atoms with Crippen molar-refractivity contribution in [3.8, 4) is 66.8 Å². The average Bonchev–Trinajstić information content (AvgIpc) is 3.35. The summed E-state index contributed by atoms with van der Waals surface area (Å²) in [5, 5.41) is 12.6. The van der Waals surface area contributed by atoms with E-state index in [0.717, 1.165) is 0 Å². The van der Waals surface area contributed by atoms with Gasteiger partial charge in [0, 0.05) is 0 Å². The Labute approximate surface area is 361 Å². The Morgan fingerprint density at radius 3 is 1.11 bits per heavy atom. The highest BCUT2D eigenvalue weighted by Crippen LogP contribution is 2.45. The van der Waals surface area contributed by atoms with E-state index >= 15 is 0 Å². The Bertz CT molecular complexity index is 3580. The Morgan fingerprint density at radius 1 is 0.161 bits per heavy atom. The van der Waals surface area contributed by atoms with Gasteiger partial charge in [-0.25, -0.2) is 0 Å². The van der Waals surface area contributed by atoms with Gasteiger partial charge in [-0.15, -0.1) is 0 Å². The lowest BCUT2D eigenvalue weighted by atomic mass is 9.85. The fraction of sp³-hybridized carbons (Fsp3) is 0. The van der Waals surface area contributed by atoms with Crippen LogP contribution in [-0.2, 0) is 0 Å². The molecule has 0 amide bonds. The van der Waals surface area contributed by atoms with E-state index in [2.05, 4.69) is 243 Å². The lowest BCUT2D eigenvalue weighted by molar-refractivity contribution is 1.61. The molecule has 0 heteroatoms. The number of rotatable bonds is 6. The predicted octanol–water partition coefficient (Wildman–Crippen LogP) is 17.5. The third-order valence-corrected chi connectivity index (χ3v) is 12.8. The molecule has 0 aromatic heterocycles. The van der Waals surface area contributed by atoms with Gasteiger partial charge in [-0.05, 0) is 151 Å². The first-order valence-electron chi connectivity index (χ1n) is 21.5. The second-order valence-electron chi connectivity index (χ2n) is 16.4. The van der Waals surface area contributed by atoms with E-state index < -0.39 is 0 Å². The zero-order valence-corrected chi connectivity index (χ0v) is 34.1. The summed E-state index contributed by atoms with van der Waals surface area (Å²) in [4.78, 5) is 0. The van der Waals surface area contributed by atoms with Crippen LogP contribution in [0, 0.1) is 0 Å². The molecular formula is C62H40. The Balaban J connectivity index is 0.990. The van der Waals surface area contributed by atoms with Gasteiger partial charge < -0.3 is 0 Å². The summed E-state index contributed by atoms with van der Waals surface area (Å²) in [5.74, 6) is 0. The molecule has 0 radical (unpaired) electrons. The monoisotopic (exact) mass is 784 g/mol. The molecule has 0 saturated carbocycles. The number of hydrogen-bond acceptors (Lipinski definition) is 0. The van der Waals surface area contributed by atoms with Crippen molar-refractivity contribution in [3.63, 3.8) is 0 Å². The van der Waals surface area contributed by atoms with Crippen LogP contribution in [0.2, 0.25) is 0 Å². The van der Waals surface area contributed by atoms with Gasteiger partial charge in [-0.3, -0.25) is 0 Å². The fourth-order valence-corrected chi connectivity index (χ4v) is 9.89. The Morgan fingerprint density at radius 2 is 0.548 bits per heavy atom. The molecular weight excluding hydrogens is 745 g/mol. The Kier molecular flexibility index (Phi) is 8.61. The van der Waals surface area contributed by atoms with Crippen LogP contribution in [0.5, 0.6) is 0 Å². The van der Waals surface area contributed by atoms with Crippen molar-refractivity contribution >= 4 is 53.9 Å². The summed E-state index contributed by atoms with van der Waals surface area (Å²) in [6, 6.07) is 89.3. The highest BCUT2D eigenvalue weighted by molar-refractivity contribution is 6.21. The van der Waals surface area contributed by atoms with Crippen molar-refractivity contribution in [2.75, 3.05) is 0 Å². The number of fused-ring (bicyclic) bond motifs is 6. The molecule has 0 bridgehead atoms. The quantitative estimate of drug-likeness (QED) is 0.116. The number of benzene rings is 12. The van der Waals surface area contributed by atoms with Crippen molar-refractivity contribution in [3.05, 3.63) is 243 Å². The normalized spacial score (nSPS) is 11.5. The summed E-state index contributed by atoms with van der Waals surface area (Å²) in [6.45, 7) is 0. The molecule has 0 unspecified atom stereocenters. The molecule has 62 heavy (non-hydrogen) atoms. The minimum absolute atomic E-state index is 1.20. The summed E-state index contributed by atoms with van der Waals surface area (Å²) in [5.41, 5.74) is 14.8. The summed E-state index contributed by atoms with van der Waals surface area (Å²) in [7, 11) is 0.